The lowest BCUT2D eigenvalue weighted by Gasteiger charge is -2.41. The lowest BCUT2D eigenvalue weighted by molar-refractivity contribution is -0.0565. The standard InChI is InChI=1S/C12H22N2O2.ClH/c15-12(9-14-3-5-16-6-4-14)7-10-1-2-11(8-12)13-10;/h10-11,13,15H,1-9H2;1H/t10-,11+,12?;. The smallest absolute Gasteiger partial charge is 0.0803 e. The lowest BCUT2D eigenvalue weighted by atomic mass is 9.87. The van der Waals surface area contributed by atoms with Crippen LogP contribution in [0.4, 0.5) is 0 Å². The second-order valence-corrected chi connectivity index (χ2v) is 5.66. The molecule has 0 aromatic heterocycles. The summed E-state index contributed by atoms with van der Waals surface area (Å²) < 4.78 is 5.34. The summed E-state index contributed by atoms with van der Waals surface area (Å²) in [6.07, 6.45) is 4.36. The summed E-state index contributed by atoms with van der Waals surface area (Å²) in [7, 11) is 0. The summed E-state index contributed by atoms with van der Waals surface area (Å²) in [6.45, 7) is 4.43. The van der Waals surface area contributed by atoms with Crippen molar-refractivity contribution in [1.82, 2.24) is 10.2 Å². The number of fused-ring (bicyclic) bond motifs is 2. The van der Waals surface area contributed by atoms with Crippen LogP contribution in [0.15, 0.2) is 0 Å². The third-order valence-electron chi connectivity index (χ3n) is 4.21. The molecular formula is C12H23ClN2O2. The Morgan fingerprint density at radius 1 is 1.18 bits per heavy atom. The molecule has 0 aliphatic carbocycles. The molecule has 3 fully saturated rings. The minimum atomic E-state index is -0.450. The van der Waals surface area contributed by atoms with Crippen molar-refractivity contribution in [3.63, 3.8) is 0 Å². The highest BCUT2D eigenvalue weighted by Crippen LogP contribution is 2.34. The average Bonchev–Trinajstić information content (AvgIpc) is 2.59. The zero-order chi connectivity index (χ0) is 11.0. The number of morpholine rings is 1. The Hall–Kier alpha value is 0.130. The fraction of sp³-hybridized carbons (Fsp3) is 1.00. The van der Waals surface area contributed by atoms with Crippen molar-refractivity contribution in [2.75, 3.05) is 32.8 Å². The summed E-state index contributed by atoms with van der Waals surface area (Å²) in [5, 5.41) is 14.3. The Labute approximate surface area is 109 Å². The van der Waals surface area contributed by atoms with Crippen LogP contribution in [0, 0.1) is 0 Å². The molecule has 100 valence electrons. The van der Waals surface area contributed by atoms with Crippen molar-refractivity contribution < 1.29 is 9.84 Å². The van der Waals surface area contributed by atoms with E-state index in [1.165, 1.54) is 12.8 Å². The molecule has 3 heterocycles. The molecule has 2 N–H and O–H groups in total. The fourth-order valence-corrected chi connectivity index (χ4v) is 3.53. The molecule has 1 unspecified atom stereocenters. The number of ether oxygens (including phenoxy) is 1. The van der Waals surface area contributed by atoms with Crippen LogP contribution in [-0.2, 0) is 4.74 Å². The number of piperidine rings is 1. The number of rotatable bonds is 2. The van der Waals surface area contributed by atoms with Gasteiger partial charge in [0.25, 0.3) is 0 Å². The van der Waals surface area contributed by atoms with E-state index in [1.807, 2.05) is 0 Å². The van der Waals surface area contributed by atoms with Crippen molar-refractivity contribution in [2.24, 2.45) is 0 Å². The number of hydrogen-bond acceptors (Lipinski definition) is 4. The SMILES string of the molecule is Cl.OC1(CN2CCOCC2)C[C@H]2CC[C@@H](C1)N2. The molecule has 0 radical (unpaired) electrons. The number of nitrogens with one attached hydrogen (secondary N) is 1. The van der Waals surface area contributed by atoms with Gasteiger partial charge in [-0.15, -0.1) is 12.4 Å². The topological polar surface area (TPSA) is 44.7 Å². The summed E-state index contributed by atoms with van der Waals surface area (Å²) in [5.74, 6) is 0. The molecule has 5 heteroatoms. The van der Waals surface area contributed by atoms with E-state index in [1.54, 1.807) is 0 Å². The maximum atomic E-state index is 10.7. The minimum Gasteiger partial charge on any atom is -0.388 e. The maximum absolute atomic E-state index is 10.7. The summed E-state index contributed by atoms with van der Waals surface area (Å²) in [5.41, 5.74) is -0.450. The Bertz CT molecular complexity index is 247. The Morgan fingerprint density at radius 3 is 2.35 bits per heavy atom. The predicted molar refractivity (Wildman–Crippen MR) is 68.6 cm³/mol. The first-order valence-electron chi connectivity index (χ1n) is 6.52. The number of halogens is 1. The Balaban J connectivity index is 0.00000108. The molecule has 3 saturated heterocycles. The Kier molecular flexibility index (Phi) is 4.31. The van der Waals surface area contributed by atoms with E-state index in [-0.39, 0.29) is 12.4 Å². The van der Waals surface area contributed by atoms with Crippen LogP contribution in [-0.4, -0.2) is 60.5 Å². The van der Waals surface area contributed by atoms with Crippen molar-refractivity contribution in [3.8, 4) is 0 Å². The molecule has 2 bridgehead atoms. The number of hydrogen-bond donors (Lipinski definition) is 2. The van der Waals surface area contributed by atoms with Crippen LogP contribution in [0.1, 0.15) is 25.7 Å². The van der Waals surface area contributed by atoms with Gasteiger partial charge in [-0.1, -0.05) is 0 Å². The number of β-amino-alcohol motifs (C(OH)–C–C–N with tert-alkyl or cyclic N) is 1. The normalized spacial score (nSPS) is 42.2. The molecule has 0 aromatic rings. The summed E-state index contributed by atoms with van der Waals surface area (Å²) in [6, 6.07) is 1.12. The first kappa shape index (κ1) is 13.6. The highest BCUT2D eigenvalue weighted by Gasteiger charge is 2.43. The molecule has 0 amide bonds. The number of aliphatic hydroxyl groups is 1. The van der Waals surface area contributed by atoms with E-state index in [0.717, 1.165) is 45.7 Å². The molecule has 3 aliphatic heterocycles. The second kappa shape index (κ2) is 5.41. The van der Waals surface area contributed by atoms with Crippen molar-refractivity contribution in [3.05, 3.63) is 0 Å². The van der Waals surface area contributed by atoms with E-state index in [2.05, 4.69) is 10.2 Å². The molecule has 3 rings (SSSR count). The van der Waals surface area contributed by atoms with Crippen LogP contribution < -0.4 is 5.32 Å². The van der Waals surface area contributed by atoms with Gasteiger partial charge in [0.05, 0.1) is 18.8 Å². The Morgan fingerprint density at radius 2 is 1.76 bits per heavy atom. The third kappa shape index (κ3) is 3.12. The maximum Gasteiger partial charge on any atom is 0.0803 e. The zero-order valence-electron chi connectivity index (χ0n) is 10.2. The quantitative estimate of drug-likeness (QED) is 0.756. The van der Waals surface area contributed by atoms with Gasteiger partial charge in [0.15, 0.2) is 0 Å². The van der Waals surface area contributed by atoms with E-state index in [4.69, 9.17) is 4.74 Å². The van der Waals surface area contributed by atoms with E-state index >= 15 is 0 Å². The van der Waals surface area contributed by atoms with Gasteiger partial charge >= 0.3 is 0 Å². The summed E-state index contributed by atoms with van der Waals surface area (Å²) >= 11 is 0. The lowest BCUT2D eigenvalue weighted by Crippen LogP contribution is -2.55. The van der Waals surface area contributed by atoms with Gasteiger partial charge in [0.1, 0.15) is 0 Å². The van der Waals surface area contributed by atoms with Gasteiger partial charge in [-0.05, 0) is 25.7 Å². The number of nitrogens with zero attached hydrogens (tertiary/aromatic N) is 1. The van der Waals surface area contributed by atoms with Crippen LogP contribution in [0.25, 0.3) is 0 Å². The monoisotopic (exact) mass is 262 g/mol. The molecule has 4 nitrogen and oxygen atoms in total. The molecule has 0 aromatic carbocycles. The van der Waals surface area contributed by atoms with Gasteiger partial charge in [-0.25, -0.2) is 0 Å². The van der Waals surface area contributed by atoms with Gasteiger partial charge in [0.2, 0.25) is 0 Å². The minimum absolute atomic E-state index is 0. The van der Waals surface area contributed by atoms with E-state index in [9.17, 15) is 5.11 Å². The van der Waals surface area contributed by atoms with Gasteiger partial charge in [-0.3, -0.25) is 4.90 Å². The van der Waals surface area contributed by atoms with Crippen molar-refractivity contribution >= 4 is 12.4 Å². The third-order valence-corrected chi connectivity index (χ3v) is 4.21. The first-order valence-corrected chi connectivity index (χ1v) is 6.52. The largest absolute Gasteiger partial charge is 0.388 e. The van der Waals surface area contributed by atoms with Crippen LogP contribution in [0.3, 0.4) is 0 Å². The summed E-state index contributed by atoms with van der Waals surface area (Å²) in [4.78, 5) is 2.36. The first-order chi connectivity index (χ1) is 7.73. The molecule has 0 saturated carbocycles. The van der Waals surface area contributed by atoms with Crippen LogP contribution in [0.5, 0.6) is 0 Å². The highest BCUT2D eigenvalue weighted by molar-refractivity contribution is 5.85. The van der Waals surface area contributed by atoms with Gasteiger partial charge in [-0.2, -0.15) is 0 Å². The second-order valence-electron chi connectivity index (χ2n) is 5.66. The van der Waals surface area contributed by atoms with E-state index in [0.29, 0.717) is 12.1 Å². The predicted octanol–water partition coefficient (Wildman–Crippen LogP) is 0.386. The fourth-order valence-electron chi connectivity index (χ4n) is 3.53. The average molecular weight is 263 g/mol. The molecule has 3 atom stereocenters. The molecular weight excluding hydrogens is 240 g/mol. The van der Waals surface area contributed by atoms with Gasteiger partial charge in [0, 0.05) is 31.7 Å². The molecule has 3 aliphatic rings. The van der Waals surface area contributed by atoms with Crippen LogP contribution in [0.2, 0.25) is 0 Å². The molecule has 0 spiro atoms. The highest BCUT2D eigenvalue weighted by atomic mass is 35.5. The van der Waals surface area contributed by atoms with Gasteiger partial charge < -0.3 is 15.2 Å². The van der Waals surface area contributed by atoms with E-state index < -0.39 is 5.60 Å². The van der Waals surface area contributed by atoms with Crippen molar-refractivity contribution in [2.45, 2.75) is 43.4 Å². The van der Waals surface area contributed by atoms with Crippen LogP contribution >= 0.6 is 12.4 Å². The van der Waals surface area contributed by atoms with Crippen molar-refractivity contribution in [1.29, 1.82) is 0 Å². The molecule has 17 heavy (non-hydrogen) atoms. The zero-order valence-corrected chi connectivity index (χ0v) is 11.0.